The second-order valence-corrected chi connectivity index (χ2v) is 0. The molecule has 36 valence electrons. The predicted molar refractivity (Wildman–Crippen MR) is 37.0 cm³/mol. The molecule has 0 bridgehead atoms. The number of halogens is 4. The van der Waals surface area contributed by atoms with Crippen LogP contribution in [0.2, 0.25) is 0 Å². The van der Waals surface area contributed by atoms with Crippen LogP contribution in [0, 0.1) is 0 Å². The van der Waals surface area contributed by atoms with Gasteiger partial charge in [-0.05, 0) is 0 Å². The molecule has 0 aliphatic carbocycles. The summed E-state index contributed by atoms with van der Waals surface area (Å²) in [5, 5.41) is 0. The van der Waals surface area contributed by atoms with Crippen molar-refractivity contribution >= 4 is 59.7 Å². The number of hydrogen-bond donors (Lipinski definition) is 0. The van der Waals surface area contributed by atoms with Crippen LogP contribution >= 0.6 is 49.6 Å². The molecule has 0 heterocycles. The fourth-order valence-electron chi connectivity index (χ4n) is 0. The zero-order valence-electron chi connectivity index (χ0n) is 4.34. The second kappa shape index (κ2) is 56.6. The summed E-state index contributed by atoms with van der Waals surface area (Å²) in [5.41, 5.74) is 0. The van der Waals surface area contributed by atoms with Gasteiger partial charge in [0, 0.05) is 0 Å². The molecule has 0 nitrogen and oxygen atoms in total. The minimum Gasteiger partial charge on any atom is -1.00 e. The van der Waals surface area contributed by atoms with Crippen LogP contribution in [0.4, 0.5) is 0 Å². The quantitative estimate of drug-likeness (QED) is 0.467. The molecular formula is H6BeCl4. The molecule has 5 heteroatoms. The SMILES string of the molecule is Cl.Cl.Cl.Cl.[Be+2].[H-].[H-]. The zero-order valence-corrected chi connectivity index (χ0v) is 5.61. The number of rotatable bonds is 0. The first-order valence-corrected chi connectivity index (χ1v) is 0. The summed E-state index contributed by atoms with van der Waals surface area (Å²) in [6.07, 6.45) is 0. The first kappa shape index (κ1) is 102. The van der Waals surface area contributed by atoms with E-state index in [9.17, 15) is 0 Å². The van der Waals surface area contributed by atoms with Crippen molar-refractivity contribution < 1.29 is 2.85 Å². The molecule has 0 saturated carbocycles. The van der Waals surface area contributed by atoms with Crippen LogP contribution in [0.5, 0.6) is 0 Å². The van der Waals surface area contributed by atoms with Gasteiger partial charge in [-0.2, -0.15) is 0 Å². The molecule has 0 amide bonds. The zero-order chi connectivity index (χ0) is 0. The van der Waals surface area contributed by atoms with Crippen LogP contribution in [-0.4, -0.2) is 10.1 Å². The van der Waals surface area contributed by atoms with Crippen LogP contribution in [0.15, 0.2) is 0 Å². The van der Waals surface area contributed by atoms with Gasteiger partial charge >= 0.3 is 10.1 Å². The standard InChI is InChI=1S/Be.4ClH.2H/h;4*1H;;/q+2;;;;;2*-1. The summed E-state index contributed by atoms with van der Waals surface area (Å²) in [7, 11) is 0. The van der Waals surface area contributed by atoms with Crippen molar-refractivity contribution in [3.8, 4) is 0 Å². The van der Waals surface area contributed by atoms with Crippen LogP contribution in [0.1, 0.15) is 2.85 Å². The fraction of sp³-hybridized carbons (Fsp3) is 0. The third-order valence-electron chi connectivity index (χ3n) is 0. The predicted octanol–water partition coefficient (Wildman–Crippen LogP) is 1.53. The van der Waals surface area contributed by atoms with Gasteiger partial charge in [0.2, 0.25) is 0 Å². The molecule has 0 saturated heterocycles. The maximum Gasteiger partial charge on any atom is 2.00 e. The van der Waals surface area contributed by atoms with Crippen LogP contribution in [0.25, 0.3) is 0 Å². The molecule has 0 fully saturated rings. The van der Waals surface area contributed by atoms with Crippen molar-refractivity contribution in [1.82, 2.24) is 0 Å². The Kier molecular flexibility index (Phi) is 1150. The van der Waals surface area contributed by atoms with E-state index in [0.29, 0.717) is 0 Å². The molecule has 0 aromatic carbocycles. The normalized spacial score (nSPS) is 0. The Morgan fingerprint density at radius 3 is 0.600 bits per heavy atom. The molecule has 0 aromatic heterocycles. The van der Waals surface area contributed by atoms with Crippen molar-refractivity contribution in [3.05, 3.63) is 0 Å². The maximum absolute atomic E-state index is 0. The minimum atomic E-state index is 0. The Morgan fingerprint density at radius 2 is 0.600 bits per heavy atom. The van der Waals surface area contributed by atoms with E-state index in [2.05, 4.69) is 0 Å². The van der Waals surface area contributed by atoms with E-state index in [1.165, 1.54) is 0 Å². The molecule has 0 N–H and O–H groups in total. The van der Waals surface area contributed by atoms with E-state index >= 15 is 0 Å². The van der Waals surface area contributed by atoms with Gasteiger partial charge in [-0.3, -0.25) is 0 Å². The fourth-order valence-corrected chi connectivity index (χ4v) is 0. The summed E-state index contributed by atoms with van der Waals surface area (Å²) < 4.78 is 0. The Hall–Kier alpha value is 1.33. The molecule has 0 atom stereocenters. The molecule has 0 spiro atoms. The molecule has 0 aliphatic heterocycles. The summed E-state index contributed by atoms with van der Waals surface area (Å²) in [5.74, 6) is 0. The van der Waals surface area contributed by atoms with Crippen LogP contribution in [0.3, 0.4) is 0 Å². The summed E-state index contributed by atoms with van der Waals surface area (Å²) in [6.45, 7) is 0. The van der Waals surface area contributed by atoms with E-state index in [0.717, 1.165) is 0 Å². The molecule has 0 unspecified atom stereocenters. The van der Waals surface area contributed by atoms with E-state index in [1.54, 1.807) is 0 Å². The van der Waals surface area contributed by atoms with Crippen molar-refractivity contribution in [2.75, 3.05) is 0 Å². The van der Waals surface area contributed by atoms with Gasteiger partial charge in [0.15, 0.2) is 0 Å². The molecule has 0 aromatic rings. The Morgan fingerprint density at radius 1 is 0.600 bits per heavy atom. The smallest absolute Gasteiger partial charge is 1.00 e. The Labute approximate surface area is 62.9 Å². The molecule has 0 aliphatic rings. The van der Waals surface area contributed by atoms with Crippen molar-refractivity contribution in [3.63, 3.8) is 0 Å². The van der Waals surface area contributed by atoms with Gasteiger partial charge in [-0.15, -0.1) is 49.6 Å². The van der Waals surface area contributed by atoms with Gasteiger partial charge < -0.3 is 2.85 Å². The summed E-state index contributed by atoms with van der Waals surface area (Å²) >= 11 is 0. The van der Waals surface area contributed by atoms with Crippen molar-refractivity contribution in [2.24, 2.45) is 0 Å². The van der Waals surface area contributed by atoms with E-state index < -0.39 is 0 Å². The van der Waals surface area contributed by atoms with Gasteiger partial charge in [-0.1, -0.05) is 0 Å². The number of hydrogen-bond acceptors (Lipinski definition) is 0. The first-order chi connectivity index (χ1) is 0. The van der Waals surface area contributed by atoms with Gasteiger partial charge in [0.05, 0.1) is 0 Å². The van der Waals surface area contributed by atoms with E-state index in [1.807, 2.05) is 0 Å². The molecule has 0 radical (unpaired) electrons. The van der Waals surface area contributed by atoms with Gasteiger partial charge in [0.25, 0.3) is 0 Å². The van der Waals surface area contributed by atoms with Crippen LogP contribution < -0.4 is 0 Å². The summed E-state index contributed by atoms with van der Waals surface area (Å²) in [6, 6.07) is 0. The third-order valence-corrected chi connectivity index (χ3v) is 0. The Bertz CT molecular complexity index is 9.65. The third kappa shape index (κ3) is 33.4. The monoisotopic (exact) mass is 155 g/mol. The topological polar surface area (TPSA) is 0 Å². The molecule has 5 heavy (non-hydrogen) atoms. The maximum atomic E-state index is 0. The van der Waals surface area contributed by atoms with Gasteiger partial charge in [-0.25, -0.2) is 0 Å². The van der Waals surface area contributed by atoms with E-state index in [4.69, 9.17) is 0 Å². The average Bonchev–Trinajstić information content (AvgIpc) is 0. The minimum absolute atomic E-state index is 0. The molecular weight excluding hydrogens is 151 g/mol. The molecule has 0 rings (SSSR count). The second-order valence-electron chi connectivity index (χ2n) is 0. The average molecular weight is 157 g/mol. The van der Waals surface area contributed by atoms with Gasteiger partial charge in [0.1, 0.15) is 0 Å². The van der Waals surface area contributed by atoms with Crippen molar-refractivity contribution in [1.29, 1.82) is 0 Å². The first-order valence-electron chi connectivity index (χ1n) is 0. The van der Waals surface area contributed by atoms with Crippen LogP contribution in [-0.2, 0) is 0 Å². The largest absolute Gasteiger partial charge is 2.00 e. The van der Waals surface area contributed by atoms with E-state index in [-0.39, 0.29) is 62.6 Å². The van der Waals surface area contributed by atoms with Crippen molar-refractivity contribution in [2.45, 2.75) is 0 Å². The summed E-state index contributed by atoms with van der Waals surface area (Å²) in [4.78, 5) is 0. The Balaban J connectivity index is 0.